The minimum atomic E-state index is -0.390. The standard InChI is InChI=1S/C16H18N4O2/c17-10-13(16(22)20-8-2-1-3-9-20)11-19-15(21)12-4-6-14(18)7-5-12/h4-7,11H,1-3,8-9,18H2,(H,19,21)/b13-11-. The lowest BCUT2D eigenvalue weighted by Gasteiger charge is -2.26. The first-order valence-corrected chi connectivity index (χ1v) is 7.18. The van der Waals surface area contributed by atoms with Crippen molar-refractivity contribution in [2.75, 3.05) is 18.8 Å². The van der Waals surface area contributed by atoms with Crippen LogP contribution in [0.15, 0.2) is 36.0 Å². The normalized spacial score (nSPS) is 15.0. The van der Waals surface area contributed by atoms with Gasteiger partial charge < -0.3 is 16.0 Å². The second-order valence-corrected chi connectivity index (χ2v) is 5.12. The molecule has 2 rings (SSSR count). The summed E-state index contributed by atoms with van der Waals surface area (Å²) >= 11 is 0. The molecule has 22 heavy (non-hydrogen) atoms. The summed E-state index contributed by atoms with van der Waals surface area (Å²) in [6.45, 7) is 1.31. The Kier molecular flexibility index (Phi) is 5.15. The van der Waals surface area contributed by atoms with Crippen LogP contribution in [-0.4, -0.2) is 29.8 Å². The van der Waals surface area contributed by atoms with Gasteiger partial charge in [0.25, 0.3) is 11.8 Å². The van der Waals surface area contributed by atoms with Crippen molar-refractivity contribution in [1.82, 2.24) is 10.2 Å². The number of nitrogens with zero attached hydrogens (tertiary/aromatic N) is 2. The number of hydrogen-bond acceptors (Lipinski definition) is 4. The third-order valence-electron chi connectivity index (χ3n) is 3.51. The van der Waals surface area contributed by atoms with E-state index in [1.165, 1.54) is 6.20 Å². The summed E-state index contributed by atoms with van der Waals surface area (Å²) in [5, 5.41) is 11.6. The molecule has 1 aromatic rings. The van der Waals surface area contributed by atoms with E-state index in [0.29, 0.717) is 24.3 Å². The van der Waals surface area contributed by atoms with Crippen LogP contribution in [0.1, 0.15) is 29.6 Å². The van der Waals surface area contributed by atoms with Gasteiger partial charge in [-0.05, 0) is 43.5 Å². The molecule has 0 spiro atoms. The summed E-state index contributed by atoms with van der Waals surface area (Å²) in [7, 11) is 0. The van der Waals surface area contributed by atoms with E-state index in [1.54, 1.807) is 29.2 Å². The minimum absolute atomic E-state index is 0.0642. The van der Waals surface area contributed by atoms with Crippen molar-refractivity contribution in [3.63, 3.8) is 0 Å². The van der Waals surface area contributed by atoms with Gasteiger partial charge in [-0.2, -0.15) is 5.26 Å². The van der Waals surface area contributed by atoms with Gasteiger partial charge in [0.2, 0.25) is 0 Å². The average molecular weight is 298 g/mol. The van der Waals surface area contributed by atoms with Crippen LogP contribution in [0.2, 0.25) is 0 Å². The van der Waals surface area contributed by atoms with Crippen molar-refractivity contribution in [2.45, 2.75) is 19.3 Å². The number of nitrogen functional groups attached to an aromatic ring is 1. The Hall–Kier alpha value is -2.81. The van der Waals surface area contributed by atoms with Crippen molar-refractivity contribution in [3.8, 4) is 6.07 Å². The average Bonchev–Trinajstić information content (AvgIpc) is 2.56. The number of nitrogens with one attached hydrogen (secondary N) is 1. The number of amides is 2. The summed E-state index contributed by atoms with van der Waals surface area (Å²) in [6.07, 6.45) is 4.17. The third kappa shape index (κ3) is 3.85. The van der Waals surface area contributed by atoms with Gasteiger partial charge >= 0.3 is 0 Å². The quantitative estimate of drug-likeness (QED) is 0.501. The maximum atomic E-state index is 12.2. The molecule has 0 aromatic heterocycles. The number of piperidine rings is 1. The van der Waals surface area contributed by atoms with E-state index in [4.69, 9.17) is 11.0 Å². The zero-order chi connectivity index (χ0) is 15.9. The maximum Gasteiger partial charge on any atom is 0.266 e. The molecule has 0 aliphatic carbocycles. The second-order valence-electron chi connectivity index (χ2n) is 5.12. The Morgan fingerprint density at radius 1 is 1.18 bits per heavy atom. The van der Waals surface area contributed by atoms with Crippen LogP contribution >= 0.6 is 0 Å². The van der Waals surface area contributed by atoms with E-state index >= 15 is 0 Å². The fraction of sp³-hybridized carbons (Fsp3) is 0.312. The summed E-state index contributed by atoms with van der Waals surface area (Å²) in [5.41, 5.74) is 6.46. The first kappa shape index (κ1) is 15.6. The molecule has 6 nitrogen and oxygen atoms in total. The van der Waals surface area contributed by atoms with Gasteiger partial charge in [-0.25, -0.2) is 0 Å². The summed E-state index contributed by atoms with van der Waals surface area (Å²) in [4.78, 5) is 25.8. The Balaban J connectivity index is 2.02. The van der Waals surface area contributed by atoms with E-state index < -0.39 is 0 Å². The molecular weight excluding hydrogens is 280 g/mol. The van der Waals surface area contributed by atoms with Gasteiger partial charge in [-0.1, -0.05) is 0 Å². The number of carbonyl (C=O) groups is 2. The first-order valence-electron chi connectivity index (χ1n) is 7.18. The number of likely N-dealkylation sites (tertiary alicyclic amines) is 1. The molecule has 0 radical (unpaired) electrons. The maximum absolute atomic E-state index is 12.2. The molecule has 1 aliphatic rings. The van der Waals surface area contributed by atoms with E-state index in [1.807, 2.05) is 6.07 Å². The van der Waals surface area contributed by atoms with Gasteiger partial charge in [0.15, 0.2) is 0 Å². The van der Waals surface area contributed by atoms with Crippen LogP contribution in [0.4, 0.5) is 5.69 Å². The lowest BCUT2D eigenvalue weighted by Crippen LogP contribution is -2.36. The van der Waals surface area contributed by atoms with Gasteiger partial charge in [-0.15, -0.1) is 0 Å². The van der Waals surface area contributed by atoms with Crippen molar-refractivity contribution in [3.05, 3.63) is 41.6 Å². The van der Waals surface area contributed by atoms with E-state index in [0.717, 1.165) is 19.3 Å². The van der Waals surface area contributed by atoms with Crippen molar-refractivity contribution >= 4 is 17.5 Å². The van der Waals surface area contributed by atoms with E-state index in [9.17, 15) is 9.59 Å². The predicted molar refractivity (Wildman–Crippen MR) is 82.4 cm³/mol. The lowest BCUT2D eigenvalue weighted by atomic mass is 10.1. The predicted octanol–water partition coefficient (Wildman–Crippen LogP) is 1.42. The van der Waals surface area contributed by atoms with Crippen molar-refractivity contribution in [2.24, 2.45) is 0 Å². The SMILES string of the molecule is N#C/C(=C/NC(=O)c1ccc(N)cc1)C(=O)N1CCCCC1. The molecule has 6 heteroatoms. The van der Waals surface area contributed by atoms with Gasteiger partial charge in [-0.3, -0.25) is 9.59 Å². The summed E-state index contributed by atoms with van der Waals surface area (Å²) in [5.74, 6) is -0.723. The topological polar surface area (TPSA) is 99.2 Å². The van der Waals surface area contributed by atoms with Crippen molar-refractivity contribution < 1.29 is 9.59 Å². The smallest absolute Gasteiger partial charge is 0.266 e. The molecule has 0 atom stereocenters. The summed E-state index contributed by atoms with van der Waals surface area (Å²) in [6, 6.07) is 8.24. The molecule has 114 valence electrons. The van der Waals surface area contributed by atoms with Crippen LogP contribution in [0.3, 0.4) is 0 Å². The highest BCUT2D eigenvalue weighted by atomic mass is 16.2. The molecule has 0 saturated carbocycles. The summed E-state index contributed by atoms with van der Waals surface area (Å²) < 4.78 is 0. The number of nitriles is 1. The zero-order valence-corrected chi connectivity index (χ0v) is 12.2. The number of carbonyl (C=O) groups excluding carboxylic acids is 2. The molecule has 1 aromatic carbocycles. The second kappa shape index (κ2) is 7.27. The monoisotopic (exact) mass is 298 g/mol. The van der Waals surface area contributed by atoms with Crippen LogP contribution in [-0.2, 0) is 4.79 Å². The number of hydrogen-bond donors (Lipinski definition) is 2. The van der Waals surface area contributed by atoms with Crippen LogP contribution in [0, 0.1) is 11.3 Å². The number of nitrogens with two attached hydrogens (primary N) is 1. The molecule has 1 heterocycles. The number of benzene rings is 1. The highest BCUT2D eigenvalue weighted by Crippen LogP contribution is 2.12. The van der Waals surface area contributed by atoms with Gasteiger partial charge in [0.05, 0.1) is 0 Å². The Bertz CT molecular complexity index is 623. The first-order chi connectivity index (χ1) is 10.6. The Morgan fingerprint density at radius 3 is 2.41 bits per heavy atom. The Morgan fingerprint density at radius 2 is 1.82 bits per heavy atom. The van der Waals surface area contributed by atoms with Crippen LogP contribution in [0.25, 0.3) is 0 Å². The number of rotatable bonds is 3. The zero-order valence-electron chi connectivity index (χ0n) is 12.2. The highest BCUT2D eigenvalue weighted by molar-refractivity contribution is 5.99. The molecule has 1 saturated heterocycles. The molecule has 2 amide bonds. The minimum Gasteiger partial charge on any atom is -0.399 e. The lowest BCUT2D eigenvalue weighted by molar-refractivity contribution is -0.127. The molecule has 1 fully saturated rings. The molecule has 1 aliphatic heterocycles. The number of anilines is 1. The molecule has 0 unspecified atom stereocenters. The Labute approximate surface area is 129 Å². The highest BCUT2D eigenvalue weighted by Gasteiger charge is 2.20. The fourth-order valence-corrected chi connectivity index (χ4v) is 2.26. The largest absolute Gasteiger partial charge is 0.399 e. The van der Waals surface area contributed by atoms with Gasteiger partial charge in [0.1, 0.15) is 11.6 Å². The van der Waals surface area contributed by atoms with E-state index in [-0.39, 0.29) is 17.4 Å². The molecular formula is C16H18N4O2. The molecule has 0 bridgehead atoms. The van der Waals surface area contributed by atoms with Crippen LogP contribution < -0.4 is 11.1 Å². The third-order valence-corrected chi connectivity index (χ3v) is 3.51. The van der Waals surface area contributed by atoms with Crippen molar-refractivity contribution in [1.29, 1.82) is 5.26 Å². The fourth-order valence-electron chi connectivity index (χ4n) is 2.26. The van der Waals surface area contributed by atoms with Gasteiger partial charge in [0, 0.05) is 30.5 Å². The van der Waals surface area contributed by atoms with E-state index in [2.05, 4.69) is 5.32 Å². The molecule has 3 N–H and O–H groups in total. The van der Waals surface area contributed by atoms with Crippen LogP contribution in [0.5, 0.6) is 0 Å².